The smallest absolute Gasteiger partial charge is 0.387 e. The van der Waals surface area contributed by atoms with E-state index >= 15 is 0 Å². The van der Waals surface area contributed by atoms with E-state index in [-0.39, 0.29) is 47.3 Å². The molecule has 1 aliphatic heterocycles. The highest BCUT2D eigenvalue weighted by atomic mass is 35.5. The Hall–Kier alpha value is -2.38. The molecule has 0 spiro atoms. The van der Waals surface area contributed by atoms with E-state index < -0.39 is 6.61 Å². The second-order valence-corrected chi connectivity index (χ2v) is 6.14. The van der Waals surface area contributed by atoms with Crippen molar-refractivity contribution in [3.63, 3.8) is 0 Å². The van der Waals surface area contributed by atoms with Crippen LogP contribution < -0.4 is 15.2 Å². The minimum absolute atomic E-state index is 0. The summed E-state index contributed by atoms with van der Waals surface area (Å²) >= 11 is 0. The van der Waals surface area contributed by atoms with Crippen molar-refractivity contribution in [3.8, 4) is 11.5 Å². The molecule has 2 atom stereocenters. The minimum Gasteiger partial charge on any atom is -0.493 e. The van der Waals surface area contributed by atoms with Crippen molar-refractivity contribution in [3.05, 3.63) is 59.7 Å². The summed E-state index contributed by atoms with van der Waals surface area (Å²) in [7, 11) is 1.35. The Labute approximate surface area is 162 Å². The first-order chi connectivity index (χ1) is 12.5. The van der Waals surface area contributed by atoms with Gasteiger partial charge in [-0.3, -0.25) is 4.79 Å². The molecule has 0 unspecified atom stereocenters. The first-order valence-corrected chi connectivity index (χ1v) is 8.22. The van der Waals surface area contributed by atoms with E-state index in [1.807, 2.05) is 30.3 Å². The number of ether oxygens (including phenoxy) is 2. The first-order valence-electron chi connectivity index (χ1n) is 8.22. The van der Waals surface area contributed by atoms with Crippen LogP contribution in [0.2, 0.25) is 0 Å². The molecular weight excluding hydrogens is 378 g/mol. The molecule has 8 heteroatoms. The highest BCUT2D eigenvalue weighted by molar-refractivity contribution is 5.95. The van der Waals surface area contributed by atoms with Crippen LogP contribution in [0.1, 0.15) is 21.8 Å². The topological polar surface area (TPSA) is 64.8 Å². The average molecular weight is 399 g/mol. The second-order valence-electron chi connectivity index (χ2n) is 6.14. The molecule has 1 fully saturated rings. The van der Waals surface area contributed by atoms with Crippen molar-refractivity contribution >= 4 is 18.3 Å². The van der Waals surface area contributed by atoms with Crippen molar-refractivity contribution in [2.75, 3.05) is 20.2 Å². The number of nitrogens with zero attached hydrogens (tertiary/aromatic N) is 1. The Morgan fingerprint density at radius 2 is 1.85 bits per heavy atom. The molecule has 3 rings (SSSR count). The lowest BCUT2D eigenvalue weighted by Gasteiger charge is -2.18. The first kappa shape index (κ1) is 20.9. The van der Waals surface area contributed by atoms with Gasteiger partial charge in [-0.15, -0.1) is 12.4 Å². The Morgan fingerprint density at radius 1 is 1.15 bits per heavy atom. The van der Waals surface area contributed by atoms with Crippen molar-refractivity contribution < 1.29 is 23.0 Å². The van der Waals surface area contributed by atoms with E-state index in [2.05, 4.69) is 4.74 Å². The van der Waals surface area contributed by atoms with Gasteiger partial charge in [0.05, 0.1) is 7.11 Å². The lowest BCUT2D eigenvalue weighted by Crippen LogP contribution is -2.32. The number of rotatable bonds is 5. The van der Waals surface area contributed by atoms with Gasteiger partial charge in [0.15, 0.2) is 11.5 Å². The number of benzene rings is 2. The van der Waals surface area contributed by atoms with Crippen molar-refractivity contribution in [2.45, 2.75) is 18.6 Å². The molecule has 0 radical (unpaired) electrons. The highest BCUT2D eigenvalue weighted by Crippen LogP contribution is 2.32. The largest absolute Gasteiger partial charge is 0.493 e. The number of halogens is 3. The third kappa shape index (κ3) is 4.67. The summed E-state index contributed by atoms with van der Waals surface area (Å²) in [4.78, 5) is 14.4. The number of likely N-dealkylation sites (tertiary alicyclic amines) is 1. The molecule has 1 saturated heterocycles. The fourth-order valence-electron chi connectivity index (χ4n) is 3.23. The van der Waals surface area contributed by atoms with Crippen LogP contribution in [0, 0.1) is 0 Å². The monoisotopic (exact) mass is 398 g/mol. The molecule has 1 aliphatic rings. The standard InChI is InChI=1S/C19H20F2N2O3.ClH/c1-25-16-8-7-13(9-17(16)26-19(20)21)18(24)23-10-14(15(22)11-23)12-5-3-2-4-6-12;/h2-9,14-15,19H,10-11,22H2,1H3;1H/t14-,15+;/m0./s1. The minimum atomic E-state index is -3.00. The van der Waals surface area contributed by atoms with Crippen molar-refractivity contribution in [1.82, 2.24) is 4.90 Å². The number of hydrogen-bond acceptors (Lipinski definition) is 4. The Kier molecular flexibility index (Phi) is 6.98. The summed E-state index contributed by atoms with van der Waals surface area (Å²) < 4.78 is 34.6. The summed E-state index contributed by atoms with van der Waals surface area (Å²) in [5, 5.41) is 0. The van der Waals surface area contributed by atoms with E-state index in [9.17, 15) is 13.6 Å². The number of methoxy groups -OCH3 is 1. The fraction of sp³-hybridized carbons (Fsp3) is 0.316. The van der Waals surface area contributed by atoms with E-state index in [4.69, 9.17) is 10.5 Å². The summed E-state index contributed by atoms with van der Waals surface area (Å²) in [5.41, 5.74) is 7.55. The molecule has 2 aromatic carbocycles. The van der Waals surface area contributed by atoms with Crippen LogP contribution in [0.5, 0.6) is 11.5 Å². The lowest BCUT2D eigenvalue weighted by atomic mass is 9.95. The van der Waals surface area contributed by atoms with Gasteiger partial charge in [-0.25, -0.2) is 0 Å². The van der Waals surface area contributed by atoms with E-state index in [0.29, 0.717) is 13.1 Å². The number of carbonyl (C=O) groups excluding carboxylic acids is 1. The van der Waals surface area contributed by atoms with Crippen LogP contribution >= 0.6 is 12.4 Å². The molecule has 1 heterocycles. The maximum atomic E-state index is 12.8. The maximum Gasteiger partial charge on any atom is 0.387 e. The molecular formula is C19H21ClF2N2O3. The number of amides is 1. The van der Waals surface area contributed by atoms with Gasteiger partial charge in [0.1, 0.15) is 0 Å². The van der Waals surface area contributed by atoms with Gasteiger partial charge in [0.2, 0.25) is 0 Å². The number of alkyl halides is 2. The normalized spacial score (nSPS) is 18.9. The third-order valence-electron chi connectivity index (χ3n) is 4.51. The van der Waals surface area contributed by atoms with Crippen LogP contribution in [0.15, 0.2) is 48.5 Å². The van der Waals surface area contributed by atoms with E-state index in [0.717, 1.165) is 5.56 Å². The zero-order valence-electron chi connectivity index (χ0n) is 14.7. The van der Waals surface area contributed by atoms with E-state index in [1.165, 1.54) is 25.3 Å². The van der Waals surface area contributed by atoms with Gasteiger partial charge in [-0.2, -0.15) is 8.78 Å². The van der Waals surface area contributed by atoms with Gasteiger partial charge in [-0.1, -0.05) is 30.3 Å². The van der Waals surface area contributed by atoms with Gasteiger partial charge in [0.25, 0.3) is 5.91 Å². The van der Waals surface area contributed by atoms with Crippen LogP contribution in [0.25, 0.3) is 0 Å². The molecule has 0 aliphatic carbocycles. The Balaban J connectivity index is 0.00000261. The van der Waals surface area contributed by atoms with Crippen LogP contribution in [0.3, 0.4) is 0 Å². The second kappa shape index (κ2) is 9.01. The molecule has 0 saturated carbocycles. The molecule has 0 bridgehead atoms. The molecule has 5 nitrogen and oxygen atoms in total. The van der Waals surface area contributed by atoms with Gasteiger partial charge in [-0.05, 0) is 23.8 Å². The number of nitrogens with two attached hydrogens (primary N) is 1. The third-order valence-corrected chi connectivity index (χ3v) is 4.51. The summed E-state index contributed by atoms with van der Waals surface area (Å²) in [6, 6.07) is 13.8. The van der Waals surface area contributed by atoms with Gasteiger partial charge < -0.3 is 20.1 Å². The number of carbonyl (C=O) groups is 1. The average Bonchev–Trinajstić information content (AvgIpc) is 3.03. The summed E-state index contributed by atoms with van der Waals surface area (Å²) in [5.74, 6) is -0.269. The molecule has 146 valence electrons. The van der Waals surface area contributed by atoms with Gasteiger partial charge in [0, 0.05) is 30.6 Å². The zero-order chi connectivity index (χ0) is 18.7. The summed E-state index contributed by atoms with van der Waals surface area (Å²) in [6.45, 7) is -2.13. The number of hydrogen-bond donors (Lipinski definition) is 1. The van der Waals surface area contributed by atoms with E-state index in [1.54, 1.807) is 4.90 Å². The molecule has 27 heavy (non-hydrogen) atoms. The molecule has 2 aromatic rings. The molecule has 0 aromatic heterocycles. The maximum absolute atomic E-state index is 12.8. The fourth-order valence-corrected chi connectivity index (χ4v) is 3.23. The quantitative estimate of drug-likeness (QED) is 0.839. The van der Waals surface area contributed by atoms with Crippen molar-refractivity contribution in [2.24, 2.45) is 5.73 Å². The lowest BCUT2D eigenvalue weighted by molar-refractivity contribution is -0.0512. The molecule has 1 amide bonds. The summed E-state index contributed by atoms with van der Waals surface area (Å²) in [6.07, 6.45) is 0. The van der Waals surface area contributed by atoms with Gasteiger partial charge >= 0.3 is 6.61 Å². The van der Waals surface area contributed by atoms with Crippen LogP contribution in [0.4, 0.5) is 8.78 Å². The Morgan fingerprint density at radius 3 is 2.48 bits per heavy atom. The predicted molar refractivity (Wildman–Crippen MR) is 99.9 cm³/mol. The Bertz CT molecular complexity index is 777. The van der Waals surface area contributed by atoms with Crippen molar-refractivity contribution in [1.29, 1.82) is 0 Å². The van der Waals surface area contributed by atoms with Crippen LogP contribution in [-0.2, 0) is 0 Å². The SMILES string of the molecule is COc1ccc(C(=O)N2C[C@@H](N)[C@H](c3ccccc3)C2)cc1OC(F)F.Cl. The highest BCUT2D eigenvalue weighted by Gasteiger charge is 2.34. The molecule has 2 N–H and O–H groups in total. The van der Waals surface area contributed by atoms with Crippen LogP contribution in [-0.4, -0.2) is 43.7 Å². The predicted octanol–water partition coefficient (Wildman–Crippen LogP) is 3.29. The zero-order valence-corrected chi connectivity index (χ0v) is 15.5.